The molecule has 0 aliphatic rings. The van der Waals surface area contributed by atoms with Crippen LogP contribution in [0.2, 0.25) is 0 Å². The van der Waals surface area contributed by atoms with Gasteiger partial charge in [0.25, 0.3) is 0 Å². The maximum Gasteiger partial charge on any atom is 0.376 e. The maximum absolute atomic E-state index is 13.3. The van der Waals surface area contributed by atoms with Crippen molar-refractivity contribution in [2.45, 2.75) is 0 Å². The van der Waals surface area contributed by atoms with Gasteiger partial charge < -0.3 is 9.84 Å². The molecule has 1 aromatic carbocycles. The molecule has 4 heteroatoms. The molecule has 1 aromatic rings. The van der Waals surface area contributed by atoms with E-state index in [0.29, 0.717) is 0 Å². The third-order valence-corrected chi connectivity index (χ3v) is 1.61. The van der Waals surface area contributed by atoms with E-state index in [1.807, 2.05) is 0 Å². The zero-order valence-corrected chi connectivity index (χ0v) is 7.53. The van der Waals surface area contributed by atoms with E-state index in [0.717, 1.165) is 7.11 Å². The highest BCUT2D eigenvalue weighted by Gasteiger charge is 2.15. The first-order valence-corrected chi connectivity index (χ1v) is 3.89. The number of benzene rings is 1. The summed E-state index contributed by atoms with van der Waals surface area (Å²) >= 11 is 0. The second-order valence-electron chi connectivity index (χ2n) is 2.52. The van der Waals surface area contributed by atoms with Crippen LogP contribution in [0.25, 0.3) is 5.83 Å². The molecule has 0 aliphatic carbocycles. The zero-order chi connectivity index (χ0) is 10.6. The van der Waals surface area contributed by atoms with Crippen LogP contribution in [0.5, 0.6) is 0 Å². The summed E-state index contributed by atoms with van der Waals surface area (Å²) in [7, 11) is 1.07. The van der Waals surface area contributed by atoms with E-state index < -0.39 is 17.6 Å². The molecule has 0 aliphatic heterocycles. The average molecular weight is 196 g/mol. The van der Waals surface area contributed by atoms with Gasteiger partial charge >= 0.3 is 5.97 Å². The number of aliphatic hydroxyl groups is 1. The molecule has 0 atom stereocenters. The van der Waals surface area contributed by atoms with Gasteiger partial charge in [-0.2, -0.15) is 0 Å². The van der Waals surface area contributed by atoms with Crippen molar-refractivity contribution in [1.82, 2.24) is 0 Å². The summed E-state index contributed by atoms with van der Waals surface area (Å²) in [4.78, 5) is 10.8. The normalized spacial score (nSPS) is 11.9. The molecular weight excluding hydrogens is 187 g/mol. The van der Waals surface area contributed by atoms with Gasteiger partial charge in [-0.1, -0.05) is 30.3 Å². The Morgan fingerprint density at radius 2 is 1.93 bits per heavy atom. The predicted octanol–water partition coefficient (Wildman–Crippen LogP) is 2.06. The van der Waals surface area contributed by atoms with Gasteiger partial charge in [0.05, 0.1) is 7.11 Å². The van der Waals surface area contributed by atoms with Crippen LogP contribution in [0.3, 0.4) is 0 Å². The number of carbonyl (C=O) groups excluding carboxylic acids is 1. The highest BCUT2D eigenvalue weighted by Crippen LogP contribution is 2.18. The number of hydrogen-bond acceptors (Lipinski definition) is 3. The van der Waals surface area contributed by atoms with Crippen molar-refractivity contribution < 1.29 is 19.0 Å². The number of aliphatic hydroxyl groups excluding tert-OH is 1. The highest BCUT2D eigenvalue weighted by molar-refractivity contribution is 5.93. The molecule has 74 valence electrons. The van der Waals surface area contributed by atoms with Crippen LogP contribution < -0.4 is 0 Å². The molecule has 0 aromatic heterocycles. The van der Waals surface area contributed by atoms with E-state index in [4.69, 9.17) is 5.11 Å². The molecule has 1 N–H and O–H groups in total. The van der Waals surface area contributed by atoms with E-state index in [1.165, 1.54) is 12.1 Å². The number of hydrogen-bond donors (Lipinski definition) is 1. The van der Waals surface area contributed by atoms with Crippen molar-refractivity contribution in [3.63, 3.8) is 0 Å². The Morgan fingerprint density at radius 3 is 2.43 bits per heavy atom. The number of rotatable bonds is 2. The van der Waals surface area contributed by atoms with Crippen LogP contribution in [0.4, 0.5) is 4.39 Å². The number of carbonyl (C=O) groups is 1. The summed E-state index contributed by atoms with van der Waals surface area (Å²) in [5, 5.41) is 9.07. The number of ether oxygens (including phenoxy) is 1. The van der Waals surface area contributed by atoms with Crippen molar-refractivity contribution >= 4 is 11.8 Å². The van der Waals surface area contributed by atoms with Gasteiger partial charge in [0.2, 0.25) is 5.76 Å². The molecule has 14 heavy (non-hydrogen) atoms. The summed E-state index contributed by atoms with van der Waals surface area (Å²) in [6, 6.07) is 7.77. The Balaban J connectivity index is 3.05. The van der Waals surface area contributed by atoms with E-state index >= 15 is 0 Å². The molecule has 0 unspecified atom stereocenters. The smallest absolute Gasteiger partial charge is 0.376 e. The molecule has 3 nitrogen and oxygen atoms in total. The van der Waals surface area contributed by atoms with Gasteiger partial charge in [0.15, 0.2) is 5.83 Å². The summed E-state index contributed by atoms with van der Waals surface area (Å²) in [6.45, 7) is 0. The second kappa shape index (κ2) is 4.41. The van der Waals surface area contributed by atoms with Crippen LogP contribution >= 0.6 is 0 Å². The molecule has 0 bridgehead atoms. The van der Waals surface area contributed by atoms with E-state index in [9.17, 15) is 9.18 Å². The molecule has 0 amide bonds. The lowest BCUT2D eigenvalue weighted by atomic mass is 10.2. The Morgan fingerprint density at radius 1 is 1.36 bits per heavy atom. The molecule has 0 radical (unpaired) electrons. The standard InChI is InChI=1S/C10H9FO3/c1-14-10(13)9(12)8(11)7-5-3-2-4-6-7/h2-6,12H,1H3/b9-8-. The summed E-state index contributed by atoms with van der Waals surface area (Å²) in [6.07, 6.45) is 0. The molecule has 0 spiro atoms. The summed E-state index contributed by atoms with van der Waals surface area (Å²) in [5.41, 5.74) is 0.135. The lowest BCUT2D eigenvalue weighted by Crippen LogP contribution is -2.05. The van der Waals surface area contributed by atoms with Crippen LogP contribution in [0.1, 0.15) is 5.56 Å². The molecule has 0 fully saturated rings. The van der Waals surface area contributed by atoms with Crippen molar-refractivity contribution in [3.8, 4) is 0 Å². The van der Waals surface area contributed by atoms with Crippen LogP contribution in [-0.2, 0) is 9.53 Å². The fourth-order valence-corrected chi connectivity index (χ4v) is 0.907. The lowest BCUT2D eigenvalue weighted by Gasteiger charge is -2.00. The van der Waals surface area contributed by atoms with Gasteiger partial charge in [-0.25, -0.2) is 9.18 Å². The first-order chi connectivity index (χ1) is 6.66. The van der Waals surface area contributed by atoms with Crippen LogP contribution in [0, 0.1) is 0 Å². The van der Waals surface area contributed by atoms with E-state index in [2.05, 4.69) is 4.74 Å². The quantitative estimate of drug-likeness (QED) is 0.447. The summed E-state index contributed by atoms with van der Waals surface area (Å²) in [5.74, 6) is -3.09. The number of methoxy groups -OCH3 is 1. The molecule has 0 saturated carbocycles. The van der Waals surface area contributed by atoms with E-state index in [-0.39, 0.29) is 5.56 Å². The van der Waals surface area contributed by atoms with Gasteiger partial charge in [0.1, 0.15) is 0 Å². The van der Waals surface area contributed by atoms with Gasteiger partial charge in [-0.05, 0) is 0 Å². The first-order valence-electron chi connectivity index (χ1n) is 3.89. The van der Waals surface area contributed by atoms with Gasteiger partial charge in [-0.3, -0.25) is 0 Å². The molecule has 0 saturated heterocycles. The third-order valence-electron chi connectivity index (χ3n) is 1.61. The van der Waals surface area contributed by atoms with Crippen LogP contribution in [0.15, 0.2) is 36.1 Å². The van der Waals surface area contributed by atoms with Gasteiger partial charge in [-0.15, -0.1) is 0 Å². The van der Waals surface area contributed by atoms with Crippen molar-refractivity contribution in [1.29, 1.82) is 0 Å². The Labute approximate surface area is 80.4 Å². The molecule has 0 heterocycles. The second-order valence-corrected chi connectivity index (χ2v) is 2.52. The summed E-state index contributed by atoms with van der Waals surface area (Å²) < 4.78 is 17.5. The fraction of sp³-hybridized carbons (Fsp3) is 0.100. The zero-order valence-electron chi connectivity index (χ0n) is 7.53. The van der Waals surface area contributed by atoms with Crippen molar-refractivity contribution in [3.05, 3.63) is 41.7 Å². The third kappa shape index (κ3) is 2.10. The molecule has 1 rings (SSSR count). The van der Waals surface area contributed by atoms with Crippen molar-refractivity contribution in [2.75, 3.05) is 7.11 Å². The molecular formula is C10H9FO3. The lowest BCUT2D eigenvalue weighted by molar-refractivity contribution is -0.139. The minimum atomic E-state index is -1.09. The first kappa shape index (κ1) is 10.2. The Hall–Kier alpha value is -1.84. The van der Waals surface area contributed by atoms with E-state index in [1.54, 1.807) is 18.2 Å². The number of esters is 1. The highest BCUT2D eigenvalue weighted by atomic mass is 19.1. The fourth-order valence-electron chi connectivity index (χ4n) is 0.907. The van der Waals surface area contributed by atoms with Crippen LogP contribution in [-0.4, -0.2) is 18.2 Å². The number of halogens is 1. The SMILES string of the molecule is COC(=O)/C(O)=C(/F)c1ccccc1. The van der Waals surface area contributed by atoms with Crippen molar-refractivity contribution in [2.24, 2.45) is 0 Å². The monoisotopic (exact) mass is 196 g/mol. The predicted molar refractivity (Wildman–Crippen MR) is 49.1 cm³/mol. The minimum absolute atomic E-state index is 0.135. The Kier molecular flexibility index (Phi) is 3.23. The maximum atomic E-state index is 13.3. The largest absolute Gasteiger partial charge is 0.500 e. The Bertz CT molecular complexity index is 357. The minimum Gasteiger partial charge on any atom is -0.500 e. The average Bonchev–Trinajstić information content (AvgIpc) is 2.27. The topological polar surface area (TPSA) is 46.5 Å². The van der Waals surface area contributed by atoms with Gasteiger partial charge in [0, 0.05) is 5.56 Å².